The second-order valence-corrected chi connectivity index (χ2v) is 16.6. The highest BCUT2D eigenvalue weighted by Crippen LogP contribution is 2.72. The van der Waals surface area contributed by atoms with Gasteiger partial charge in [-0.25, -0.2) is 0 Å². The van der Waals surface area contributed by atoms with Gasteiger partial charge in [0.15, 0.2) is 8.32 Å². The molecule has 3 saturated carbocycles. The van der Waals surface area contributed by atoms with Gasteiger partial charge >= 0.3 is 0 Å². The summed E-state index contributed by atoms with van der Waals surface area (Å²) in [6, 6.07) is 0. The number of fused-ring (bicyclic) bond motifs is 3. The summed E-state index contributed by atoms with van der Waals surface area (Å²) >= 11 is 0. The minimum absolute atomic E-state index is 0.0970. The van der Waals surface area contributed by atoms with Crippen molar-refractivity contribution in [2.24, 2.45) is 40.9 Å². The highest BCUT2D eigenvalue weighted by atomic mass is 28.4. The van der Waals surface area contributed by atoms with Crippen molar-refractivity contribution in [3.63, 3.8) is 0 Å². The molecule has 3 aliphatic carbocycles. The molecule has 3 aliphatic rings. The Bertz CT molecular complexity index is 590. The van der Waals surface area contributed by atoms with Crippen LogP contribution in [-0.4, -0.2) is 26.1 Å². The van der Waals surface area contributed by atoms with Gasteiger partial charge in [0.1, 0.15) is 0 Å². The Hall–Kier alpha value is -0.123. The monoisotopic (exact) mass is 392 g/mol. The molecule has 3 fully saturated rings. The third-order valence-corrected chi connectivity index (χ3v) is 13.8. The van der Waals surface area contributed by atoms with E-state index in [0.29, 0.717) is 40.9 Å². The van der Waals surface area contributed by atoms with E-state index in [1.807, 2.05) is 0 Å². The minimum atomic E-state index is -1.77. The van der Waals surface area contributed by atoms with Gasteiger partial charge in [-0.3, -0.25) is 0 Å². The molecule has 0 unspecified atom stereocenters. The highest BCUT2D eigenvalue weighted by molar-refractivity contribution is 6.74. The van der Waals surface area contributed by atoms with E-state index in [9.17, 15) is 5.11 Å². The third-order valence-electron chi connectivity index (χ3n) is 9.30. The molecule has 0 aromatic carbocycles. The Morgan fingerprint density at radius 2 is 1.85 bits per heavy atom. The van der Waals surface area contributed by atoms with Crippen LogP contribution in [0.3, 0.4) is 0 Å². The van der Waals surface area contributed by atoms with Gasteiger partial charge in [0.05, 0.1) is 6.10 Å². The van der Waals surface area contributed by atoms with Gasteiger partial charge in [-0.05, 0) is 92.2 Å². The number of allylic oxidation sites excluding steroid dienone is 2. The Balaban J connectivity index is 1.94. The maximum Gasteiger partial charge on any atom is 0.191 e. The van der Waals surface area contributed by atoms with Crippen LogP contribution < -0.4 is 0 Å². The molecule has 0 spiro atoms. The Labute approximate surface area is 169 Å². The lowest BCUT2D eigenvalue weighted by Crippen LogP contribution is -2.53. The summed E-state index contributed by atoms with van der Waals surface area (Å²) in [5, 5.41) is 11.2. The normalized spacial score (nSPS) is 45.3. The predicted octanol–water partition coefficient (Wildman–Crippen LogP) is 6.27. The first kappa shape index (κ1) is 21.6. The van der Waals surface area contributed by atoms with Crippen LogP contribution in [0, 0.1) is 40.9 Å². The highest BCUT2D eigenvalue weighted by Gasteiger charge is 2.68. The van der Waals surface area contributed by atoms with Gasteiger partial charge in [0.2, 0.25) is 0 Å². The van der Waals surface area contributed by atoms with Crippen LogP contribution in [0.4, 0.5) is 0 Å². The first-order valence-corrected chi connectivity index (χ1v) is 14.2. The average molecular weight is 393 g/mol. The molecule has 0 aliphatic heterocycles. The summed E-state index contributed by atoms with van der Waals surface area (Å²) in [4.78, 5) is 0. The zero-order valence-electron chi connectivity index (χ0n) is 19.3. The SMILES string of the molecule is CC=C(C)[C@H]1[C@@H](CO[Si](C)(C)C(C)(C)C)[C@H]2[C@@H]([C@H]3C[C@]31C)[C@@H](O)CC[C@@H]2C. The van der Waals surface area contributed by atoms with Gasteiger partial charge in [0, 0.05) is 6.61 Å². The summed E-state index contributed by atoms with van der Waals surface area (Å²) in [5.74, 6) is 3.68. The molecule has 0 aromatic heterocycles. The van der Waals surface area contributed by atoms with Crippen LogP contribution in [0.1, 0.15) is 67.7 Å². The number of aliphatic hydroxyl groups is 1. The predicted molar refractivity (Wildman–Crippen MR) is 117 cm³/mol. The Kier molecular flexibility index (Phi) is 5.58. The van der Waals surface area contributed by atoms with Crippen LogP contribution in [0.25, 0.3) is 0 Å². The van der Waals surface area contributed by atoms with Crippen molar-refractivity contribution in [3.05, 3.63) is 11.6 Å². The molecule has 156 valence electrons. The van der Waals surface area contributed by atoms with E-state index in [0.717, 1.165) is 13.0 Å². The first-order valence-electron chi connectivity index (χ1n) is 11.3. The fourth-order valence-electron chi connectivity index (χ4n) is 6.52. The van der Waals surface area contributed by atoms with Crippen molar-refractivity contribution in [1.29, 1.82) is 0 Å². The molecule has 8 atom stereocenters. The van der Waals surface area contributed by atoms with Crippen molar-refractivity contribution >= 4 is 8.32 Å². The van der Waals surface area contributed by atoms with E-state index in [2.05, 4.69) is 67.6 Å². The summed E-state index contributed by atoms with van der Waals surface area (Å²) in [6.45, 7) is 22.1. The van der Waals surface area contributed by atoms with E-state index in [4.69, 9.17) is 4.43 Å². The smallest absolute Gasteiger partial charge is 0.191 e. The summed E-state index contributed by atoms with van der Waals surface area (Å²) in [7, 11) is -1.77. The van der Waals surface area contributed by atoms with Crippen LogP contribution in [0.5, 0.6) is 0 Å². The lowest BCUT2D eigenvalue weighted by Gasteiger charge is -2.53. The average Bonchev–Trinajstić information content (AvgIpc) is 3.25. The summed E-state index contributed by atoms with van der Waals surface area (Å²) in [5.41, 5.74) is 1.92. The quantitative estimate of drug-likeness (QED) is 0.451. The van der Waals surface area contributed by atoms with Crippen LogP contribution >= 0.6 is 0 Å². The summed E-state index contributed by atoms with van der Waals surface area (Å²) in [6.07, 6.45) is 5.71. The fraction of sp³-hybridized carbons (Fsp3) is 0.917. The summed E-state index contributed by atoms with van der Waals surface area (Å²) < 4.78 is 6.83. The molecule has 2 nitrogen and oxygen atoms in total. The van der Waals surface area contributed by atoms with Crippen molar-refractivity contribution in [3.8, 4) is 0 Å². The lowest BCUT2D eigenvalue weighted by atomic mass is 9.53. The van der Waals surface area contributed by atoms with Crippen LogP contribution in [0.15, 0.2) is 11.6 Å². The van der Waals surface area contributed by atoms with Crippen molar-refractivity contribution < 1.29 is 9.53 Å². The molecule has 0 bridgehead atoms. The molecule has 27 heavy (non-hydrogen) atoms. The molecule has 0 amide bonds. The van der Waals surface area contributed by atoms with Crippen molar-refractivity contribution in [1.82, 2.24) is 0 Å². The molecule has 0 aromatic rings. The molecule has 3 heteroatoms. The first-order chi connectivity index (χ1) is 12.3. The third kappa shape index (κ3) is 3.50. The second-order valence-electron chi connectivity index (χ2n) is 11.8. The zero-order valence-corrected chi connectivity index (χ0v) is 20.3. The van der Waals surface area contributed by atoms with Gasteiger partial charge in [-0.2, -0.15) is 0 Å². The number of rotatable bonds is 4. The van der Waals surface area contributed by atoms with Crippen LogP contribution in [-0.2, 0) is 4.43 Å². The maximum absolute atomic E-state index is 10.9. The molecular weight excluding hydrogens is 348 g/mol. The van der Waals surface area contributed by atoms with E-state index in [1.165, 1.54) is 12.8 Å². The Morgan fingerprint density at radius 3 is 2.41 bits per heavy atom. The van der Waals surface area contributed by atoms with Gasteiger partial charge < -0.3 is 9.53 Å². The standard InChI is InChI=1S/C24H44O2Si/c1-10-15(2)22-17(14-26-27(8,9)23(4,5)6)20-16(3)11-12-19(25)21(20)18-13-24(18,22)7/h10,16-22,25H,11-14H2,1-9H3/t16-,17-,18+,19-,20-,21-,22-,24+/m0/s1. The van der Waals surface area contributed by atoms with E-state index in [-0.39, 0.29) is 11.1 Å². The molecule has 0 radical (unpaired) electrons. The largest absolute Gasteiger partial charge is 0.417 e. The molecular formula is C24H44O2Si. The minimum Gasteiger partial charge on any atom is -0.417 e. The number of hydrogen-bond donors (Lipinski definition) is 1. The fourth-order valence-corrected chi connectivity index (χ4v) is 7.57. The number of hydrogen-bond acceptors (Lipinski definition) is 2. The van der Waals surface area contributed by atoms with E-state index in [1.54, 1.807) is 5.57 Å². The van der Waals surface area contributed by atoms with Crippen LogP contribution in [0.2, 0.25) is 18.1 Å². The van der Waals surface area contributed by atoms with Gasteiger partial charge in [-0.15, -0.1) is 0 Å². The number of aliphatic hydroxyl groups excluding tert-OH is 1. The van der Waals surface area contributed by atoms with Crippen molar-refractivity contribution in [2.75, 3.05) is 6.61 Å². The van der Waals surface area contributed by atoms with Gasteiger partial charge in [0.25, 0.3) is 0 Å². The molecule has 3 rings (SSSR count). The molecule has 0 heterocycles. The lowest BCUT2D eigenvalue weighted by molar-refractivity contribution is -0.0888. The zero-order chi connectivity index (χ0) is 20.4. The van der Waals surface area contributed by atoms with E-state index >= 15 is 0 Å². The van der Waals surface area contributed by atoms with Crippen molar-refractivity contribution in [2.45, 2.75) is 92.0 Å². The molecule has 1 N–H and O–H groups in total. The molecule has 0 saturated heterocycles. The second kappa shape index (κ2) is 6.99. The topological polar surface area (TPSA) is 29.5 Å². The maximum atomic E-state index is 10.9. The Morgan fingerprint density at radius 1 is 1.22 bits per heavy atom. The van der Waals surface area contributed by atoms with E-state index < -0.39 is 8.32 Å². The van der Waals surface area contributed by atoms with Gasteiger partial charge in [-0.1, -0.05) is 46.3 Å².